The van der Waals surface area contributed by atoms with Gasteiger partial charge in [-0.3, -0.25) is 0 Å². The minimum absolute atomic E-state index is 0.872. The lowest BCUT2D eigenvalue weighted by atomic mass is 9.97. The fraction of sp³-hybridized carbons (Fsp3) is 0.692. The topological polar surface area (TPSA) is 20.2 Å². The van der Waals surface area contributed by atoms with Gasteiger partial charge in [-0.2, -0.15) is 0 Å². The molecule has 0 bridgehead atoms. The Morgan fingerprint density at radius 1 is 1.31 bits per heavy atom. The Labute approximate surface area is 98.4 Å². The predicted molar refractivity (Wildman–Crippen MR) is 67.3 cm³/mol. The van der Waals surface area contributed by atoms with Gasteiger partial charge < -0.3 is 14.8 Å². The largest absolute Gasteiger partial charge is 0.353 e. The number of piperidine rings is 1. The maximum atomic E-state index is 3.57. The molecule has 90 valence electrons. The van der Waals surface area contributed by atoms with Gasteiger partial charge in [-0.15, -0.1) is 0 Å². The number of nitrogens with one attached hydrogen (secondary N) is 1. The second-order valence-electron chi connectivity index (χ2n) is 4.99. The van der Waals surface area contributed by atoms with Crippen LogP contribution < -0.4 is 5.32 Å². The molecule has 0 atom stereocenters. The van der Waals surface area contributed by atoms with Gasteiger partial charge in [0.1, 0.15) is 0 Å². The van der Waals surface area contributed by atoms with Crippen molar-refractivity contribution < 1.29 is 0 Å². The van der Waals surface area contributed by atoms with Crippen molar-refractivity contribution in [3.05, 3.63) is 24.0 Å². The van der Waals surface area contributed by atoms with E-state index in [0.29, 0.717) is 0 Å². The fourth-order valence-corrected chi connectivity index (χ4v) is 2.35. The van der Waals surface area contributed by atoms with E-state index in [0.717, 1.165) is 12.5 Å². The van der Waals surface area contributed by atoms with Crippen LogP contribution in [0.25, 0.3) is 0 Å². The van der Waals surface area contributed by atoms with E-state index >= 15 is 0 Å². The fourth-order valence-electron chi connectivity index (χ4n) is 2.35. The Morgan fingerprint density at radius 3 is 2.69 bits per heavy atom. The summed E-state index contributed by atoms with van der Waals surface area (Å²) in [5, 5.41) is 3.57. The molecule has 1 aliphatic rings. The molecule has 1 aromatic rings. The Bertz CT molecular complexity index is 311. The predicted octanol–water partition coefficient (Wildman–Crippen LogP) is 1.46. The molecular formula is C13H23N3. The zero-order chi connectivity index (χ0) is 11.4. The highest BCUT2D eigenvalue weighted by Gasteiger charge is 2.15. The van der Waals surface area contributed by atoms with Crippen LogP contribution in [0.5, 0.6) is 0 Å². The van der Waals surface area contributed by atoms with Crippen molar-refractivity contribution in [2.45, 2.75) is 19.4 Å². The summed E-state index contributed by atoms with van der Waals surface area (Å²) in [5.41, 5.74) is 1.37. The van der Waals surface area contributed by atoms with Gasteiger partial charge in [0.2, 0.25) is 0 Å². The molecular weight excluding hydrogens is 198 g/mol. The molecule has 0 radical (unpaired) electrons. The lowest BCUT2D eigenvalue weighted by Crippen LogP contribution is -2.34. The smallest absolute Gasteiger partial charge is 0.0359 e. The summed E-state index contributed by atoms with van der Waals surface area (Å²) in [6, 6.07) is 4.29. The number of rotatable bonds is 4. The standard InChI is InChI=1S/C13H23N3/c1-15-8-5-12(6-9-15)10-14-11-13-4-3-7-16(13)2/h3-4,7,12,14H,5-6,8-11H2,1-2H3. The molecule has 1 N–H and O–H groups in total. The SMILES string of the molecule is CN1CCC(CNCc2cccn2C)CC1. The first-order chi connectivity index (χ1) is 7.75. The number of likely N-dealkylation sites (tertiary alicyclic amines) is 1. The molecule has 1 aliphatic heterocycles. The van der Waals surface area contributed by atoms with Crippen LogP contribution in [0.2, 0.25) is 0 Å². The molecule has 0 aliphatic carbocycles. The molecule has 3 nitrogen and oxygen atoms in total. The summed E-state index contributed by atoms with van der Waals surface area (Å²) in [7, 11) is 4.32. The van der Waals surface area contributed by atoms with Gasteiger partial charge in [0.25, 0.3) is 0 Å². The highest BCUT2D eigenvalue weighted by atomic mass is 15.1. The summed E-state index contributed by atoms with van der Waals surface area (Å²) >= 11 is 0. The first-order valence-corrected chi connectivity index (χ1v) is 6.25. The number of hydrogen-bond acceptors (Lipinski definition) is 2. The van der Waals surface area contributed by atoms with E-state index in [2.05, 4.69) is 47.2 Å². The van der Waals surface area contributed by atoms with E-state index in [9.17, 15) is 0 Å². The first kappa shape index (κ1) is 11.7. The molecule has 16 heavy (non-hydrogen) atoms. The first-order valence-electron chi connectivity index (χ1n) is 6.25. The van der Waals surface area contributed by atoms with Gasteiger partial charge >= 0.3 is 0 Å². The molecule has 1 aromatic heterocycles. The van der Waals surface area contributed by atoms with Crippen molar-refractivity contribution in [3.63, 3.8) is 0 Å². The van der Waals surface area contributed by atoms with Crippen molar-refractivity contribution in [1.29, 1.82) is 0 Å². The number of hydrogen-bond donors (Lipinski definition) is 1. The summed E-state index contributed by atoms with van der Waals surface area (Å²) < 4.78 is 2.18. The Kier molecular flexibility index (Phi) is 4.02. The van der Waals surface area contributed by atoms with Gasteiger partial charge in [-0.1, -0.05) is 0 Å². The number of aromatic nitrogens is 1. The van der Waals surface area contributed by atoms with E-state index in [1.165, 1.54) is 38.2 Å². The van der Waals surface area contributed by atoms with Crippen LogP contribution in [-0.4, -0.2) is 36.1 Å². The van der Waals surface area contributed by atoms with Crippen LogP contribution >= 0.6 is 0 Å². The van der Waals surface area contributed by atoms with Gasteiger partial charge in [0.05, 0.1) is 0 Å². The second-order valence-corrected chi connectivity index (χ2v) is 4.99. The summed E-state index contributed by atoms with van der Waals surface area (Å²) in [4.78, 5) is 2.42. The molecule has 0 aromatic carbocycles. The van der Waals surface area contributed by atoms with Gasteiger partial charge in [0, 0.05) is 25.5 Å². The highest BCUT2D eigenvalue weighted by Crippen LogP contribution is 2.14. The summed E-state index contributed by atoms with van der Waals surface area (Å²) in [6.45, 7) is 4.68. The zero-order valence-electron chi connectivity index (χ0n) is 10.4. The van der Waals surface area contributed by atoms with E-state index in [1.807, 2.05) is 0 Å². The van der Waals surface area contributed by atoms with E-state index in [-0.39, 0.29) is 0 Å². The molecule has 1 saturated heterocycles. The average molecular weight is 221 g/mol. The molecule has 3 heteroatoms. The minimum Gasteiger partial charge on any atom is -0.353 e. The summed E-state index contributed by atoms with van der Waals surface area (Å²) in [6.07, 6.45) is 4.79. The van der Waals surface area contributed by atoms with Crippen LogP contribution in [0.3, 0.4) is 0 Å². The van der Waals surface area contributed by atoms with Gasteiger partial charge in [-0.05, 0) is 57.6 Å². The lowest BCUT2D eigenvalue weighted by molar-refractivity contribution is 0.215. The molecule has 1 fully saturated rings. The van der Waals surface area contributed by atoms with E-state index in [1.54, 1.807) is 0 Å². The molecule has 0 unspecified atom stereocenters. The quantitative estimate of drug-likeness (QED) is 0.830. The third kappa shape index (κ3) is 3.09. The van der Waals surface area contributed by atoms with Crippen LogP contribution in [-0.2, 0) is 13.6 Å². The van der Waals surface area contributed by atoms with Crippen molar-refractivity contribution in [3.8, 4) is 0 Å². The Morgan fingerprint density at radius 2 is 2.06 bits per heavy atom. The molecule has 0 amide bonds. The monoisotopic (exact) mass is 221 g/mol. The normalized spacial score (nSPS) is 19.1. The van der Waals surface area contributed by atoms with Crippen LogP contribution in [0.15, 0.2) is 18.3 Å². The Hall–Kier alpha value is -0.800. The van der Waals surface area contributed by atoms with Crippen molar-refractivity contribution >= 4 is 0 Å². The second kappa shape index (κ2) is 5.51. The van der Waals surface area contributed by atoms with Crippen LogP contribution in [0.4, 0.5) is 0 Å². The van der Waals surface area contributed by atoms with Crippen molar-refractivity contribution in [2.24, 2.45) is 13.0 Å². The van der Waals surface area contributed by atoms with E-state index in [4.69, 9.17) is 0 Å². The highest BCUT2D eigenvalue weighted by molar-refractivity contribution is 5.05. The number of aryl methyl sites for hydroxylation is 1. The molecule has 2 heterocycles. The lowest BCUT2D eigenvalue weighted by Gasteiger charge is -2.29. The molecule has 0 saturated carbocycles. The van der Waals surface area contributed by atoms with Gasteiger partial charge in [0.15, 0.2) is 0 Å². The zero-order valence-corrected chi connectivity index (χ0v) is 10.4. The van der Waals surface area contributed by atoms with E-state index < -0.39 is 0 Å². The maximum absolute atomic E-state index is 3.57. The van der Waals surface area contributed by atoms with Crippen molar-refractivity contribution in [1.82, 2.24) is 14.8 Å². The molecule has 2 rings (SSSR count). The summed E-state index contributed by atoms with van der Waals surface area (Å²) in [5.74, 6) is 0.872. The van der Waals surface area contributed by atoms with Gasteiger partial charge in [-0.25, -0.2) is 0 Å². The Balaban J connectivity index is 1.67. The average Bonchev–Trinajstić information content (AvgIpc) is 2.68. The van der Waals surface area contributed by atoms with Crippen molar-refractivity contribution in [2.75, 3.05) is 26.7 Å². The molecule has 0 spiro atoms. The van der Waals surface area contributed by atoms with Crippen LogP contribution in [0, 0.1) is 5.92 Å². The maximum Gasteiger partial charge on any atom is 0.0359 e. The minimum atomic E-state index is 0.872. The third-order valence-electron chi connectivity index (χ3n) is 3.63. The number of nitrogens with zero attached hydrogens (tertiary/aromatic N) is 2. The van der Waals surface area contributed by atoms with Crippen LogP contribution in [0.1, 0.15) is 18.5 Å². The third-order valence-corrected chi connectivity index (χ3v) is 3.63.